The summed E-state index contributed by atoms with van der Waals surface area (Å²) in [6.45, 7) is 3.86. The molecular formula is C18H18N2O3S. The van der Waals surface area contributed by atoms with Gasteiger partial charge in [0.2, 0.25) is 26.6 Å². The third-order valence-electron chi connectivity index (χ3n) is 3.67. The molecule has 124 valence electrons. The van der Waals surface area contributed by atoms with Gasteiger partial charge >= 0.3 is 0 Å². The van der Waals surface area contributed by atoms with Crippen molar-refractivity contribution < 1.29 is 12.8 Å². The maximum absolute atomic E-state index is 12.9. The number of hydrogen-bond donors (Lipinski definition) is 1. The molecule has 3 rings (SSSR count). The molecule has 2 aromatic carbocycles. The summed E-state index contributed by atoms with van der Waals surface area (Å²) in [5, 5.41) is 2.67. The highest BCUT2D eigenvalue weighted by Gasteiger charge is 2.27. The molecule has 1 N–H and O–H groups in total. The van der Waals surface area contributed by atoms with Crippen molar-refractivity contribution in [2.75, 3.05) is 12.4 Å². The number of benzene rings is 2. The zero-order valence-corrected chi connectivity index (χ0v) is 14.5. The van der Waals surface area contributed by atoms with Crippen LogP contribution in [0.25, 0.3) is 11.5 Å². The van der Waals surface area contributed by atoms with E-state index in [1.54, 1.807) is 31.3 Å². The van der Waals surface area contributed by atoms with Gasteiger partial charge in [0.05, 0.1) is 4.90 Å². The summed E-state index contributed by atoms with van der Waals surface area (Å²) in [5.41, 5.74) is 2.76. The van der Waals surface area contributed by atoms with Crippen LogP contribution in [0.3, 0.4) is 0 Å². The molecule has 0 fully saturated rings. The fraction of sp³-hybridized carbons (Fsp3) is 0.167. The molecule has 0 unspecified atom stereocenters. The van der Waals surface area contributed by atoms with Crippen molar-refractivity contribution in [3.8, 4) is 11.5 Å². The topological polar surface area (TPSA) is 72.2 Å². The van der Waals surface area contributed by atoms with Crippen molar-refractivity contribution in [1.29, 1.82) is 0 Å². The molecule has 3 aromatic rings. The van der Waals surface area contributed by atoms with E-state index in [1.165, 1.54) is 0 Å². The monoisotopic (exact) mass is 342 g/mol. The number of nitrogens with zero attached hydrogens (tertiary/aromatic N) is 1. The van der Waals surface area contributed by atoms with Crippen molar-refractivity contribution in [3.05, 3.63) is 59.7 Å². The smallest absolute Gasteiger partial charge is 0.233 e. The fourth-order valence-electron chi connectivity index (χ4n) is 2.38. The summed E-state index contributed by atoms with van der Waals surface area (Å²) in [7, 11) is -2.16. The second-order valence-corrected chi connectivity index (χ2v) is 7.45. The summed E-state index contributed by atoms with van der Waals surface area (Å²) in [6.07, 6.45) is 0. The highest BCUT2D eigenvalue weighted by atomic mass is 32.2. The predicted molar refractivity (Wildman–Crippen MR) is 92.9 cm³/mol. The molecule has 0 aliphatic heterocycles. The third-order valence-corrected chi connectivity index (χ3v) is 5.35. The summed E-state index contributed by atoms with van der Waals surface area (Å²) >= 11 is 0. The van der Waals surface area contributed by atoms with Gasteiger partial charge in [-0.25, -0.2) is 8.42 Å². The molecule has 0 bridgehead atoms. The zero-order valence-electron chi connectivity index (χ0n) is 13.7. The van der Waals surface area contributed by atoms with Crippen LogP contribution in [0.1, 0.15) is 11.1 Å². The van der Waals surface area contributed by atoms with Crippen molar-refractivity contribution in [3.63, 3.8) is 0 Å². The van der Waals surface area contributed by atoms with Crippen molar-refractivity contribution >= 4 is 15.7 Å². The Morgan fingerprint density at radius 2 is 1.71 bits per heavy atom. The highest BCUT2D eigenvalue weighted by Crippen LogP contribution is 2.32. The van der Waals surface area contributed by atoms with E-state index in [9.17, 15) is 8.42 Å². The average molecular weight is 342 g/mol. The van der Waals surface area contributed by atoms with Crippen LogP contribution in [0.2, 0.25) is 0 Å². The maximum atomic E-state index is 12.9. The lowest BCUT2D eigenvalue weighted by atomic mass is 10.1. The second-order valence-electron chi connectivity index (χ2n) is 5.59. The number of sulfone groups is 1. The number of hydrogen-bond acceptors (Lipinski definition) is 5. The van der Waals surface area contributed by atoms with E-state index in [-0.39, 0.29) is 21.7 Å². The quantitative estimate of drug-likeness (QED) is 0.780. The molecule has 0 aliphatic rings. The van der Waals surface area contributed by atoms with Gasteiger partial charge in [0.15, 0.2) is 0 Å². The molecule has 24 heavy (non-hydrogen) atoms. The van der Waals surface area contributed by atoms with Crippen LogP contribution in [-0.4, -0.2) is 20.4 Å². The molecule has 5 nitrogen and oxygen atoms in total. The van der Waals surface area contributed by atoms with E-state index >= 15 is 0 Å². The fourth-order valence-corrected chi connectivity index (χ4v) is 3.69. The van der Waals surface area contributed by atoms with Crippen LogP contribution in [0, 0.1) is 13.8 Å². The van der Waals surface area contributed by atoms with Gasteiger partial charge in [0, 0.05) is 12.6 Å². The van der Waals surface area contributed by atoms with Crippen molar-refractivity contribution in [1.82, 2.24) is 4.98 Å². The maximum Gasteiger partial charge on any atom is 0.233 e. The summed E-state index contributed by atoms with van der Waals surface area (Å²) < 4.78 is 31.4. The molecule has 0 aliphatic carbocycles. The Bertz CT molecular complexity index is 974. The molecule has 0 amide bonds. The van der Waals surface area contributed by atoms with E-state index in [0.29, 0.717) is 0 Å². The Balaban J connectivity index is 2.12. The Morgan fingerprint density at radius 1 is 1.00 bits per heavy atom. The Hall–Kier alpha value is -2.60. The van der Waals surface area contributed by atoms with E-state index < -0.39 is 9.84 Å². The highest BCUT2D eigenvalue weighted by molar-refractivity contribution is 7.91. The first kappa shape index (κ1) is 16.3. The van der Waals surface area contributed by atoms with Crippen LogP contribution in [0.4, 0.5) is 5.88 Å². The standard InChI is InChI=1S/C18H18N2O3S/c1-12-7-9-15(10-8-12)24(21,22)18-17(19-3)23-16(20-18)14-6-4-5-13(2)11-14/h4-11,19H,1-3H3. The number of rotatable bonds is 4. The summed E-state index contributed by atoms with van der Waals surface area (Å²) in [5.74, 6) is 0.404. The minimum absolute atomic E-state index is 0.106. The first-order chi connectivity index (χ1) is 11.4. The molecule has 1 aromatic heterocycles. The van der Waals surface area contributed by atoms with E-state index in [0.717, 1.165) is 16.7 Å². The Labute approximate surface area is 141 Å². The predicted octanol–water partition coefficient (Wildman–Crippen LogP) is 3.83. The lowest BCUT2D eigenvalue weighted by Crippen LogP contribution is -2.05. The summed E-state index contributed by atoms with van der Waals surface area (Å²) in [6, 6.07) is 14.2. The molecule has 0 atom stereocenters. The Kier molecular flexibility index (Phi) is 4.15. The van der Waals surface area contributed by atoms with Gasteiger partial charge in [-0.3, -0.25) is 0 Å². The van der Waals surface area contributed by atoms with Crippen LogP contribution >= 0.6 is 0 Å². The minimum Gasteiger partial charge on any atom is -0.419 e. The van der Waals surface area contributed by atoms with Crippen LogP contribution < -0.4 is 5.32 Å². The number of aryl methyl sites for hydroxylation is 2. The second kappa shape index (κ2) is 6.13. The van der Waals surface area contributed by atoms with Gasteiger partial charge in [0.25, 0.3) is 0 Å². The van der Waals surface area contributed by atoms with Crippen LogP contribution in [0.5, 0.6) is 0 Å². The van der Waals surface area contributed by atoms with Crippen LogP contribution in [-0.2, 0) is 9.84 Å². The van der Waals surface area contributed by atoms with Crippen molar-refractivity contribution in [2.24, 2.45) is 0 Å². The summed E-state index contributed by atoms with van der Waals surface area (Å²) in [4.78, 5) is 4.43. The van der Waals surface area contributed by atoms with Crippen LogP contribution in [0.15, 0.2) is 62.9 Å². The Morgan fingerprint density at radius 3 is 2.33 bits per heavy atom. The number of aromatic nitrogens is 1. The molecule has 0 saturated heterocycles. The first-order valence-electron chi connectivity index (χ1n) is 7.49. The minimum atomic E-state index is -3.76. The molecule has 0 radical (unpaired) electrons. The molecule has 6 heteroatoms. The van der Waals surface area contributed by atoms with Gasteiger partial charge in [-0.05, 0) is 38.1 Å². The molecule has 0 spiro atoms. The van der Waals surface area contributed by atoms with E-state index in [1.807, 2.05) is 38.1 Å². The van der Waals surface area contributed by atoms with E-state index in [4.69, 9.17) is 4.42 Å². The largest absolute Gasteiger partial charge is 0.419 e. The average Bonchev–Trinajstić information content (AvgIpc) is 3.00. The number of anilines is 1. The lowest BCUT2D eigenvalue weighted by Gasteiger charge is -2.03. The van der Waals surface area contributed by atoms with E-state index in [2.05, 4.69) is 10.3 Å². The SMILES string of the molecule is CNc1oc(-c2cccc(C)c2)nc1S(=O)(=O)c1ccc(C)cc1. The zero-order chi connectivity index (χ0) is 17.3. The normalized spacial score (nSPS) is 11.5. The van der Waals surface area contributed by atoms with Gasteiger partial charge < -0.3 is 9.73 Å². The third kappa shape index (κ3) is 2.92. The number of nitrogens with one attached hydrogen (secondary N) is 1. The number of oxazole rings is 1. The molecular weight excluding hydrogens is 324 g/mol. The molecule has 1 heterocycles. The van der Waals surface area contributed by atoms with Crippen molar-refractivity contribution in [2.45, 2.75) is 23.8 Å². The van der Waals surface area contributed by atoms with Gasteiger partial charge in [-0.1, -0.05) is 35.4 Å². The first-order valence-corrected chi connectivity index (χ1v) is 8.97. The van der Waals surface area contributed by atoms with Gasteiger partial charge in [-0.2, -0.15) is 4.98 Å². The van der Waals surface area contributed by atoms with Gasteiger partial charge in [-0.15, -0.1) is 0 Å². The molecule has 0 saturated carbocycles. The lowest BCUT2D eigenvalue weighted by molar-refractivity contribution is 0.580. The van der Waals surface area contributed by atoms with Gasteiger partial charge in [0.1, 0.15) is 0 Å².